The van der Waals surface area contributed by atoms with Gasteiger partial charge in [0.2, 0.25) is 0 Å². The molecule has 1 fully saturated rings. The maximum absolute atomic E-state index is 11.9. The third-order valence-electron chi connectivity index (χ3n) is 3.93. The van der Waals surface area contributed by atoms with Gasteiger partial charge in [-0.25, -0.2) is 0 Å². The summed E-state index contributed by atoms with van der Waals surface area (Å²) >= 11 is 0. The number of ether oxygens (including phenoxy) is 1. The van der Waals surface area contributed by atoms with Crippen LogP contribution in [0, 0.1) is 5.92 Å². The Labute approximate surface area is 137 Å². The van der Waals surface area contributed by atoms with Crippen molar-refractivity contribution in [3.05, 3.63) is 35.9 Å². The summed E-state index contributed by atoms with van der Waals surface area (Å²) in [4.78, 5) is 18.5. The summed E-state index contributed by atoms with van der Waals surface area (Å²) in [6, 6.07) is 9.23. The SMILES string of the molecule is CN=C(NCCNC(=O)c1ccccc1)N1CCC(COC)C1. The number of nitrogens with one attached hydrogen (secondary N) is 2. The number of hydrogen-bond donors (Lipinski definition) is 2. The highest BCUT2D eigenvalue weighted by Gasteiger charge is 2.24. The molecule has 23 heavy (non-hydrogen) atoms. The molecule has 1 aromatic carbocycles. The highest BCUT2D eigenvalue weighted by Crippen LogP contribution is 2.16. The zero-order chi connectivity index (χ0) is 16.5. The van der Waals surface area contributed by atoms with Crippen LogP contribution in [0.25, 0.3) is 0 Å². The van der Waals surface area contributed by atoms with Crippen molar-refractivity contribution in [3.63, 3.8) is 0 Å². The molecule has 2 rings (SSSR count). The Bertz CT molecular complexity index is 519. The van der Waals surface area contributed by atoms with Gasteiger partial charge in [0.05, 0.1) is 6.61 Å². The Hall–Kier alpha value is -2.08. The van der Waals surface area contributed by atoms with Crippen molar-refractivity contribution in [3.8, 4) is 0 Å². The second-order valence-corrected chi connectivity index (χ2v) is 5.65. The van der Waals surface area contributed by atoms with Gasteiger partial charge in [-0.1, -0.05) is 18.2 Å². The molecule has 6 nitrogen and oxygen atoms in total. The lowest BCUT2D eigenvalue weighted by Gasteiger charge is -2.21. The first-order valence-electron chi connectivity index (χ1n) is 8.02. The van der Waals surface area contributed by atoms with Crippen LogP contribution in [0.4, 0.5) is 0 Å². The van der Waals surface area contributed by atoms with E-state index < -0.39 is 0 Å². The third-order valence-corrected chi connectivity index (χ3v) is 3.93. The fourth-order valence-corrected chi connectivity index (χ4v) is 2.77. The number of nitrogens with zero attached hydrogens (tertiary/aromatic N) is 2. The molecule has 1 amide bonds. The Morgan fingerprint density at radius 1 is 1.30 bits per heavy atom. The summed E-state index contributed by atoms with van der Waals surface area (Å²) in [5.74, 6) is 1.40. The van der Waals surface area contributed by atoms with Crippen LogP contribution in [0.5, 0.6) is 0 Å². The van der Waals surface area contributed by atoms with E-state index in [1.165, 1.54) is 0 Å². The molecule has 0 saturated carbocycles. The number of carbonyl (C=O) groups is 1. The molecule has 1 aliphatic rings. The summed E-state index contributed by atoms with van der Waals surface area (Å²) in [5.41, 5.74) is 0.679. The second-order valence-electron chi connectivity index (χ2n) is 5.65. The fraction of sp³-hybridized carbons (Fsp3) is 0.529. The van der Waals surface area contributed by atoms with Crippen LogP contribution >= 0.6 is 0 Å². The normalized spacial score (nSPS) is 18.1. The quantitative estimate of drug-likeness (QED) is 0.466. The van der Waals surface area contributed by atoms with Crippen molar-refractivity contribution in [2.45, 2.75) is 6.42 Å². The lowest BCUT2D eigenvalue weighted by molar-refractivity contribution is 0.0954. The van der Waals surface area contributed by atoms with Gasteiger partial charge in [-0.2, -0.15) is 0 Å². The fourth-order valence-electron chi connectivity index (χ4n) is 2.77. The first-order valence-corrected chi connectivity index (χ1v) is 8.02. The zero-order valence-electron chi connectivity index (χ0n) is 13.9. The van der Waals surface area contributed by atoms with Crippen LogP contribution in [0.3, 0.4) is 0 Å². The lowest BCUT2D eigenvalue weighted by Crippen LogP contribution is -2.43. The minimum atomic E-state index is -0.0521. The van der Waals surface area contributed by atoms with Gasteiger partial charge in [0, 0.05) is 51.8 Å². The smallest absolute Gasteiger partial charge is 0.251 e. The largest absolute Gasteiger partial charge is 0.384 e. The molecular formula is C17H26N4O2. The molecule has 0 bridgehead atoms. The van der Waals surface area contributed by atoms with Crippen LogP contribution in [-0.2, 0) is 4.74 Å². The molecule has 0 radical (unpaired) electrons. The number of carbonyl (C=O) groups excluding carboxylic acids is 1. The Kier molecular flexibility index (Phi) is 6.87. The van der Waals surface area contributed by atoms with E-state index in [0.717, 1.165) is 32.1 Å². The molecule has 2 N–H and O–H groups in total. The van der Waals surface area contributed by atoms with Gasteiger partial charge >= 0.3 is 0 Å². The number of guanidine groups is 1. The molecule has 126 valence electrons. The highest BCUT2D eigenvalue weighted by atomic mass is 16.5. The minimum absolute atomic E-state index is 0.0521. The molecule has 6 heteroatoms. The van der Waals surface area contributed by atoms with Gasteiger partial charge in [-0.3, -0.25) is 9.79 Å². The number of benzene rings is 1. The number of likely N-dealkylation sites (tertiary alicyclic amines) is 1. The summed E-state index contributed by atoms with van der Waals surface area (Å²) in [6.07, 6.45) is 1.12. The number of amides is 1. The number of methoxy groups -OCH3 is 1. The van der Waals surface area contributed by atoms with Crippen molar-refractivity contribution in [1.29, 1.82) is 0 Å². The van der Waals surface area contributed by atoms with Crippen LogP contribution in [0.2, 0.25) is 0 Å². The molecule has 1 atom stereocenters. The summed E-state index contributed by atoms with van der Waals surface area (Å²) in [6.45, 7) is 3.95. The summed E-state index contributed by atoms with van der Waals surface area (Å²) in [5, 5.41) is 6.20. The molecule has 1 unspecified atom stereocenters. The number of hydrogen-bond acceptors (Lipinski definition) is 3. The maximum atomic E-state index is 11.9. The molecule has 1 aliphatic heterocycles. The number of aliphatic imine (C=N–C) groups is 1. The van der Waals surface area contributed by atoms with Crippen LogP contribution in [0.15, 0.2) is 35.3 Å². The number of rotatable bonds is 6. The molecule has 0 spiro atoms. The first-order chi connectivity index (χ1) is 11.2. The standard InChI is InChI=1S/C17H26N4O2/c1-18-17(21-11-8-14(12-21)13-23-2)20-10-9-19-16(22)15-6-4-3-5-7-15/h3-7,14H,8-13H2,1-2H3,(H,18,20)(H,19,22). The van der Waals surface area contributed by atoms with Gasteiger partial charge in [-0.15, -0.1) is 0 Å². The Morgan fingerprint density at radius 2 is 2.04 bits per heavy atom. The monoisotopic (exact) mass is 318 g/mol. The predicted molar refractivity (Wildman–Crippen MR) is 91.7 cm³/mol. The van der Waals surface area contributed by atoms with Gasteiger partial charge in [-0.05, 0) is 18.6 Å². The topological polar surface area (TPSA) is 66.0 Å². The van der Waals surface area contributed by atoms with E-state index in [2.05, 4.69) is 20.5 Å². The van der Waals surface area contributed by atoms with Gasteiger partial charge in [0.15, 0.2) is 5.96 Å². The Morgan fingerprint density at radius 3 is 2.74 bits per heavy atom. The van der Waals surface area contributed by atoms with Crippen molar-refractivity contribution in [2.75, 3.05) is 46.9 Å². The van der Waals surface area contributed by atoms with E-state index in [1.807, 2.05) is 30.3 Å². The summed E-state index contributed by atoms with van der Waals surface area (Å²) < 4.78 is 5.22. The van der Waals surface area contributed by atoms with Crippen LogP contribution in [0.1, 0.15) is 16.8 Å². The molecule has 0 aromatic heterocycles. The molecule has 1 heterocycles. The van der Waals surface area contributed by atoms with Crippen LogP contribution in [-0.4, -0.2) is 63.7 Å². The Balaban J connectivity index is 1.69. The van der Waals surface area contributed by atoms with Crippen molar-refractivity contribution < 1.29 is 9.53 Å². The predicted octanol–water partition coefficient (Wildman–Crippen LogP) is 0.960. The van der Waals surface area contributed by atoms with E-state index in [-0.39, 0.29) is 5.91 Å². The highest BCUT2D eigenvalue weighted by molar-refractivity contribution is 5.94. The van der Waals surface area contributed by atoms with Crippen molar-refractivity contribution in [2.24, 2.45) is 10.9 Å². The first kappa shape index (κ1) is 17.3. The van der Waals surface area contributed by atoms with E-state index >= 15 is 0 Å². The average molecular weight is 318 g/mol. The van der Waals surface area contributed by atoms with E-state index in [1.54, 1.807) is 14.2 Å². The van der Waals surface area contributed by atoms with Gasteiger partial charge < -0.3 is 20.3 Å². The van der Waals surface area contributed by atoms with Crippen molar-refractivity contribution >= 4 is 11.9 Å². The molecular weight excluding hydrogens is 292 g/mol. The van der Waals surface area contributed by atoms with E-state index in [9.17, 15) is 4.79 Å². The summed E-state index contributed by atoms with van der Waals surface area (Å²) in [7, 11) is 3.53. The minimum Gasteiger partial charge on any atom is -0.384 e. The molecule has 1 aromatic rings. The second kappa shape index (κ2) is 9.15. The van der Waals surface area contributed by atoms with E-state index in [0.29, 0.717) is 24.6 Å². The molecule has 0 aliphatic carbocycles. The lowest BCUT2D eigenvalue weighted by atomic mass is 10.1. The van der Waals surface area contributed by atoms with Gasteiger partial charge in [0.1, 0.15) is 0 Å². The zero-order valence-corrected chi connectivity index (χ0v) is 13.9. The third kappa shape index (κ3) is 5.25. The van der Waals surface area contributed by atoms with Crippen LogP contribution < -0.4 is 10.6 Å². The maximum Gasteiger partial charge on any atom is 0.251 e. The van der Waals surface area contributed by atoms with Crippen molar-refractivity contribution in [1.82, 2.24) is 15.5 Å². The van der Waals surface area contributed by atoms with Gasteiger partial charge in [0.25, 0.3) is 5.91 Å². The average Bonchev–Trinajstić information content (AvgIpc) is 3.04. The molecule has 1 saturated heterocycles. The van der Waals surface area contributed by atoms with E-state index in [4.69, 9.17) is 4.74 Å².